The smallest absolute Gasteiger partial charge is 0.309 e. The molecule has 1 atom stereocenters. The van der Waals surface area contributed by atoms with E-state index in [-0.39, 0.29) is 18.5 Å². The second-order valence-electron chi connectivity index (χ2n) is 4.43. The van der Waals surface area contributed by atoms with Crippen molar-refractivity contribution in [3.8, 4) is 0 Å². The highest BCUT2D eigenvalue weighted by Crippen LogP contribution is 2.10. The molecule has 1 unspecified atom stereocenters. The number of ether oxygens (including phenoxy) is 1. The Bertz CT molecular complexity index is 341. The van der Waals surface area contributed by atoms with Crippen molar-refractivity contribution in [1.29, 1.82) is 0 Å². The summed E-state index contributed by atoms with van der Waals surface area (Å²) in [6.07, 6.45) is 4.71. The van der Waals surface area contributed by atoms with E-state index in [9.17, 15) is 4.79 Å². The summed E-state index contributed by atoms with van der Waals surface area (Å²) in [6, 6.07) is 5.58. The summed E-state index contributed by atoms with van der Waals surface area (Å²) in [5.41, 5.74) is 0.785. The van der Waals surface area contributed by atoms with E-state index in [1.165, 1.54) is 0 Å². The third-order valence-electron chi connectivity index (χ3n) is 2.80. The Morgan fingerprint density at radius 1 is 1.44 bits per heavy atom. The topological polar surface area (TPSA) is 51.2 Å². The Morgan fingerprint density at radius 2 is 2.28 bits per heavy atom. The van der Waals surface area contributed by atoms with Crippen molar-refractivity contribution in [1.82, 2.24) is 10.3 Å². The molecule has 0 saturated carbocycles. The average Bonchev–Trinajstić information content (AvgIpc) is 2.42. The molecule has 0 aliphatic heterocycles. The quantitative estimate of drug-likeness (QED) is 0.567. The van der Waals surface area contributed by atoms with Crippen molar-refractivity contribution in [2.75, 3.05) is 13.6 Å². The van der Waals surface area contributed by atoms with Crippen LogP contribution in [0.25, 0.3) is 0 Å². The van der Waals surface area contributed by atoms with Gasteiger partial charge < -0.3 is 10.1 Å². The van der Waals surface area contributed by atoms with E-state index in [1.807, 2.05) is 32.2 Å². The Labute approximate surface area is 109 Å². The van der Waals surface area contributed by atoms with Crippen molar-refractivity contribution in [3.05, 3.63) is 30.1 Å². The number of carbonyl (C=O) groups is 1. The van der Waals surface area contributed by atoms with Crippen molar-refractivity contribution in [3.63, 3.8) is 0 Å². The molecular formula is C14H22N2O2. The van der Waals surface area contributed by atoms with Gasteiger partial charge in [0.1, 0.15) is 6.61 Å². The molecule has 0 aliphatic rings. The molecule has 1 heterocycles. The largest absolute Gasteiger partial charge is 0.459 e. The average molecular weight is 250 g/mol. The molecule has 1 aromatic rings. The van der Waals surface area contributed by atoms with E-state index in [2.05, 4.69) is 10.3 Å². The number of unbranched alkanes of at least 4 members (excludes halogenated alkanes) is 1. The van der Waals surface area contributed by atoms with Crippen LogP contribution in [0.4, 0.5) is 0 Å². The minimum absolute atomic E-state index is 0.0365. The zero-order chi connectivity index (χ0) is 13.2. The van der Waals surface area contributed by atoms with Crippen molar-refractivity contribution in [2.24, 2.45) is 5.92 Å². The first kappa shape index (κ1) is 14.6. The van der Waals surface area contributed by atoms with Gasteiger partial charge >= 0.3 is 5.97 Å². The molecule has 18 heavy (non-hydrogen) atoms. The lowest BCUT2D eigenvalue weighted by molar-refractivity contribution is -0.149. The Hall–Kier alpha value is -1.42. The monoisotopic (exact) mass is 250 g/mol. The van der Waals surface area contributed by atoms with Gasteiger partial charge in [-0.2, -0.15) is 0 Å². The molecule has 1 rings (SSSR count). The molecule has 1 N–H and O–H groups in total. The van der Waals surface area contributed by atoms with Crippen LogP contribution < -0.4 is 5.32 Å². The zero-order valence-electron chi connectivity index (χ0n) is 11.2. The predicted molar refractivity (Wildman–Crippen MR) is 71.0 cm³/mol. The van der Waals surface area contributed by atoms with Crippen LogP contribution in [0.15, 0.2) is 24.4 Å². The van der Waals surface area contributed by atoms with E-state index in [4.69, 9.17) is 4.74 Å². The summed E-state index contributed by atoms with van der Waals surface area (Å²) in [6.45, 7) is 3.18. The molecule has 0 saturated heterocycles. The third-order valence-corrected chi connectivity index (χ3v) is 2.80. The number of hydrogen-bond donors (Lipinski definition) is 1. The normalized spacial score (nSPS) is 12.1. The highest BCUT2D eigenvalue weighted by molar-refractivity contribution is 5.71. The van der Waals surface area contributed by atoms with Crippen LogP contribution in [0.2, 0.25) is 0 Å². The van der Waals surface area contributed by atoms with Gasteiger partial charge in [-0.05, 0) is 38.6 Å². The summed E-state index contributed by atoms with van der Waals surface area (Å²) < 4.78 is 5.23. The molecule has 0 aromatic carbocycles. The molecule has 4 nitrogen and oxygen atoms in total. The third kappa shape index (κ3) is 5.77. The van der Waals surface area contributed by atoms with Gasteiger partial charge in [0.2, 0.25) is 0 Å². The lowest BCUT2D eigenvalue weighted by atomic mass is 10.0. The molecule has 1 aromatic heterocycles. The number of pyridine rings is 1. The molecule has 0 amide bonds. The molecule has 0 fully saturated rings. The van der Waals surface area contributed by atoms with Crippen LogP contribution in [-0.4, -0.2) is 24.5 Å². The number of nitrogens with zero attached hydrogens (tertiary/aromatic N) is 1. The SMILES string of the molecule is CNCCCCC(C)C(=O)OCc1ccccn1. The van der Waals surface area contributed by atoms with Gasteiger partial charge in [-0.1, -0.05) is 19.4 Å². The summed E-state index contributed by atoms with van der Waals surface area (Å²) in [4.78, 5) is 15.8. The van der Waals surface area contributed by atoms with E-state index < -0.39 is 0 Å². The fourth-order valence-electron chi connectivity index (χ4n) is 1.64. The molecule has 100 valence electrons. The van der Waals surface area contributed by atoms with Crippen LogP contribution in [0, 0.1) is 5.92 Å². The highest BCUT2D eigenvalue weighted by atomic mass is 16.5. The van der Waals surface area contributed by atoms with Crippen LogP contribution in [0.5, 0.6) is 0 Å². The number of esters is 1. The van der Waals surface area contributed by atoms with Crippen molar-refractivity contribution in [2.45, 2.75) is 32.8 Å². The van der Waals surface area contributed by atoms with Gasteiger partial charge in [-0.15, -0.1) is 0 Å². The van der Waals surface area contributed by atoms with Gasteiger partial charge in [-0.3, -0.25) is 9.78 Å². The predicted octanol–water partition coefficient (Wildman–Crippen LogP) is 2.15. The van der Waals surface area contributed by atoms with Crippen LogP contribution >= 0.6 is 0 Å². The highest BCUT2D eigenvalue weighted by Gasteiger charge is 2.14. The van der Waals surface area contributed by atoms with Gasteiger partial charge in [0.25, 0.3) is 0 Å². The number of hydrogen-bond acceptors (Lipinski definition) is 4. The Balaban J connectivity index is 2.19. The fourth-order valence-corrected chi connectivity index (χ4v) is 1.64. The van der Waals surface area contributed by atoms with Crippen molar-refractivity contribution < 1.29 is 9.53 Å². The lowest BCUT2D eigenvalue weighted by Gasteiger charge is -2.11. The summed E-state index contributed by atoms with van der Waals surface area (Å²) in [7, 11) is 1.94. The molecule has 0 spiro atoms. The first-order valence-corrected chi connectivity index (χ1v) is 6.45. The number of aromatic nitrogens is 1. The van der Waals surface area contributed by atoms with Crippen molar-refractivity contribution >= 4 is 5.97 Å². The molecular weight excluding hydrogens is 228 g/mol. The Kier molecular flexibility index (Phi) is 7.03. The number of nitrogens with one attached hydrogen (secondary N) is 1. The molecule has 0 radical (unpaired) electrons. The minimum atomic E-state index is -0.134. The standard InChI is InChI=1S/C14H22N2O2/c1-12(7-3-5-9-15-2)14(17)18-11-13-8-4-6-10-16-13/h4,6,8,10,12,15H,3,5,7,9,11H2,1-2H3. The van der Waals surface area contributed by atoms with Crippen LogP contribution in [0.3, 0.4) is 0 Å². The molecule has 0 aliphatic carbocycles. The van der Waals surface area contributed by atoms with Crippen LogP contribution in [-0.2, 0) is 16.1 Å². The number of carbonyl (C=O) groups excluding carboxylic acids is 1. The lowest BCUT2D eigenvalue weighted by Crippen LogP contribution is -2.16. The second-order valence-corrected chi connectivity index (χ2v) is 4.43. The summed E-state index contributed by atoms with van der Waals surface area (Å²) >= 11 is 0. The number of rotatable bonds is 8. The van der Waals surface area contributed by atoms with Gasteiger partial charge in [0, 0.05) is 6.20 Å². The maximum Gasteiger partial charge on any atom is 0.309 e. The van der Waals surface area contributed by atoms with Gasteiger partial charge in [0.05, 0.1) is 11.6 Å². The van der Waals surface area contributed by atoms with Gasteiger partial charge in [-0.25, -0.2) is 0 Å². The zero-order valence-corrected chi connectivity index (χ0v) is 11.2. The molecule has 4 heteroatoms. The first-order valence-electron chi connectivity index (χ1n) is 6.45. The Morgan fingerprint density at radius 3 is 2.94 bits per heavy atom. The van der Waals surface area contributed by atoms with Gasteiger partial charge in [0.15, 0.2) is 0 Å². The van der Waals surface area contributed by atoms with E-state index in [1.54, 1.807) is 6.20 Å². The second kappa shape index (κ2) is 8.64. The fraction of sp³-hybridized carbons (Fsp3) is 0.571. The van der Waals surface area contributed by atoms with E-state index >= 15 is 0 Å². The van der Waals surface area contributed by atoms with E-state index in [0.29, 0.717) is 0 Å². The molecule has 0 bridgehead atoms. The van der Waals surface area contributed by atoms with Crippen LogP contribution in [0.1, 0.15) is 31.9 Å². The summed E-state index contributed by atoms with van der Waals surface area (Å²) in [5.74, 6) is -0.171. The maximum absolute atomic E-state index is 11.7. The summed E-state index contributed by atoms with van der Waals surface area (Å²) in [5, 5.41) is 3.09. The minimum Gasteiger partial charge on any atom is -0.459 e. The van der Waals surface area contributed by atoms with E-state index in [0.717, 1.165) is 31.5 Å². The maximum atomic E-state index is 11.7. The first-order chi connectivity index (χ1) is 8.74.